The van der Waals surface area contributed by atoms with Gasteiger partial charge < -0.3 is 41.2 Å². The minimum atomic E-state index is -0.775. The van der Waals surface area contributed by atoms with Gasteiger partial charge >= 0.3 is 0 Å². The lowest BCUT2D eigenvalue weighted by Gasteiger charge is -2.30. The van der Waals surface area contributed by atoms with Crippen molar-refractivity contribution in [2.75, 3.05) is 20.8 Å². The fourth-order valence-electron chi connectivity index (χ4n) is 4.62. The van der Waals surface area contributed by atoms with Gasteiger partial charge in [0.15, 0.2) is 0 Å². The van der Waals surface area contributed by atoms with Crippen LogP contribution in [0.4, 0.5) is 0 Å². The maximum atomic E-state index is 11.2. The van der Waals surface area contributed by atoms with Crippen LogP contribution in [0, 0.1) is 0 Å². The highest BCUT2D eigenvalue weighted by molar-refractivity contribution is 5.95. The number of nitrogens with one attached hydrogen (secondary N) is 2. The molecule has 0 aromatic heterocycles. The van der Waals surface area contributed by atoms with E-state index in [0.29, 0.717) is 23.6 Å². The second-order valence-corrected chi connectivity index (χ2v) is 11.7. The Hall–Kier alpha value is -3.34. The third kappa shape index (κ3) is 12.7. The molecule has 0 saturated heterocycles. The molecule has 7 N–H and O–H groups in total. The predicted molar refractivity (Wildman–Crippen MR) is 178 cm³/mol. The lowest BCUT2D eigenvalue weighted by atomic mass is 9.99. The van der Waals surface area contributed by atoms with E-state index in [0.717, 1.165) is 18.4 Å². The summed E-state index contributed by atoms with van der Waals surface area (Å²) >= 11 is 0. The van der Waals surface area contributed by atoms with E-state index in [4.69, 9.17) is 15.2 Å². The molecule has 0 fully saturated rings. The van der Waals surface area contributed by atoms with Gasteiger partial charge in [-0.05, 0) is 88.9 Å². The second-order valence-electron chi connectivity index (χ2n) is 11.7. The molecule has 10 heteroatoms. The number of aliphatic hydroxyl groups is 2. The van der Waals surface area contributed by atoms with Crippen molar-refractivity contribution < 1.29 is 29.6 Å². The average molecular weight is 632 g/mol. The van der Waals surface area contributed by atoms with Crippen LogP contribution in [-0.2, 0) is 6.42 Å². The third-order valence-electron chi connectivity index (χ3n) is 6.93. The number of aryl methyl sites for hydroxylation is 1. The highest BCUT2D eigenvalue weighted by Crippen LogP contribution is 2.31. The summed E-state index contributed by atoms with van der Waals surface area (Å²) < 4.78 is 10.5. The van der Waals surface area contributed by atoms with E-state index in [2.05, 4.69) is 50.5 Å². The second kappa shape index (κ2) is 18.5. The number of carbonyl (C=O) groups excluding carboxylic acids is 1. The molecule has 0 heterocycles. The summed E-state index contributed by atoms with van der Waals surface area (Å²) in [7, 11) is 3.20. The normalized spacial score (nSPS) is 13.8. The van der Waals surface area contributed by atoms with Crippen molar-refractivity contribution in [3.63, 3.8) is 0 Å². The van der Waals surface area contributed by atoms with Crippen molar-refractivity contribution in [2.45, 2.75) is 77.3 Å². The van der Waals surface area contributed by atoms with Gasteiger partial charge in [0.1, 0.15) is 17.2 Å². The molecule has 3 aromatic carbocycles. The largest absolute Gasteiger partial charge is 0.507 e. The Morgan fingerprint density at radius 2 is 1.61 bits per heavy atom. The molecule has 3 aromatic rings. The fraction of sp³-hybridized carbons (Fsp3) is 0.441. The molecule has 44 heavy (non-hydrogen) atoms. The van der Waals surface area contributed by atoms with Gasteiger partial charge in [0.2, 0.25) is 0 Å². The van der Waals surface area contributed by atoms with Crippen LogP contribution in [0.5, 0.6) is 17.2 Å². The highest BCUT2D eigenvalue weighted by Gasteiger charge is 2.24. The molecular weight excluding hydrogens is 582 g/mol. The van der Waals surface area contributed by atoms with Gasteiger partial charge in [0, 0.05) is 29.7 Å². The van der Waals surface area contributed by atoms with E-state index >= 15 is 0 Å². The summed E-state index contributed by atoms with van der Waals surface area (Å²) in [6.07, 6.45) is 0.488. The number of carbonyl (C=O) groups is 1. The maximum absolute atomic E-state index is 11.2. The van der Waals surface area contributed by atoms with Crippen molar-refractivity contribution in [1.82, 2.24) is 10.6 Å². The van der Waals surface area contributed by atoms with Gasteiger partial charge in [-0.25, -0.2) is 0 Å². The first kappa shape index (κ1) is 38.7. The number of amides is 1. The van der Waals surface area contributed by atoms with Crippen LogP contribution in [0.1, 0.15) is 80.3 Å². The number of halogens is 1. The average Bonchev–Trinajstić information content (AvgIpc) is 2.98. The Morgan fingerprint density at radius 3 is 2.18 bits per heavy atom. The maximum Gasteiger partial charge on any atom is 0.252 e. The topological polar surface area (TPSA) is 146 Å². The van der Waals surface area contributed by atoms with Crippen molar-refractivity contribution in [3.8, 4) is 17.2 Å². The zero-order valence-corrected chi connectivity index (χ0v) is 27.7. The number of aliphatic hydroxyl groups excluding tert-OH is 2. The summed E-state index contributed by atoms with van der Waals surface area (Å²) in [5.74, 6) is 0.474. The van der Waals surface area contributed by atoms with Gasteiger partial charge in [0.25, 0.3) is 5.91 Å². The Labute approximate surface area is 268 Å². The number of ether oxygens (including phenoxy) is 2. The Morgan fingerprint density at radius 1 is 0.955 bits per heavy atom. The molecule has 9 nitrogen and oxygen atoms in total. The standard InChI is InChI=1S/C19H24N2O3.C15H25NO3.ClH/c1-13(7-8-14-5-3-2-4-6-14)21-12-18(23)15-9-10-17(22)16(11-15)19(20)24;1-10(16-15(2,3)4)14(17)12-9-11(18-5)7-8-13(12)19-6;/h2-6,9-11,13,18,21-23H,7-8,12H2,1H3,(H2,20,24);7-10,14,16-17H,1-6H3;1H. The van der Waals surface area contributed by atoms with Gasteiger partial charge in [-0.1, -0.05) is 36.4 Å². The van der Waals surface area contributed by atoms with Crippen LogP contribution in [0.3, 0.4) is 0 Å². The predicted octanol–water partition coefficient (Wildman–Crippen LogP) is 5.07. The number of methoxy groups -OCH3 is 2. The molecule has 0 saturated carbocycles. The molecule has 0 aliphatic rings. The van der Waals surface area contributed by atoms with E-state index in [9.17, 15) is 20.1 Å². The van der Waals surface area contributed by atoms with E-state index in [1.807, 2.05) is 37.3 Å². The van der Waals surface area contributed by atoms with Crippen LogP contribution >= 0.6 is 12.4 Å². The lowest BCUT2D eigenvalue weighted by molar-refractivity contribution is 0.0997. The first-order valence-corrected chi connectivity index (χ1v) is 14.5. The summed E-state index contributed by atoms with van der Waals surface area (Å²) in [6.45, 7) is 10.6. The number of hydrogen-bond donors (Lipinski definition) is 6. The SMILES string of the molecule is CC(CCc1ccccc1)NCC(O)c1ccc(O)c(C(N)=O)c1.COc1ccc(OC)c(C(O)C(C)NC(C)(C)C)c1.Cl. The van der Waals surface area contributed by atoms with Crippen molar-refractivity contribution in [2.24, 2.45) is 5.73 Å². The molecule has 0 radical (unpaired) electrons. The Kier molecular flexibility index (Phi) is 16.2. The van der Waals surface area contributed by atoms with Gasteiger partial charge in [-0.3, -0.25) is 4.79 Å². The fourth-order valence-corrected chi connectivity index (χ4v) is 4.62. The minimum absolute atomic E-state index is 0. The Balaban J connectivity index is 0.000000442. The van der Waals surface area contributed by atoms with Crippen LogP contribution in [0.25, 0.3) is 0 Å². The van der Waals surface area contributed by atoms with Crippen molar-refractivity contribution in [3.05, 3.63) is 89.0 Å². The van der Waals surface area contributed by atoms with Crippen LogP contribution in [0.15, 0.2) is 66.7 Å². The van der Waals surface area contributed by atoms with Crippen LogP contribution in [-0.4, -0.2) is 59.6 Å². The number of rotatable bonds is 13. The number of hydrogen-bond acceptors (Lipinski definition) is 8. The lowest BCUT2D eigenvalue weighted by Crippen LogP contribution is -2.45. The van der Waals surface area contributed by atoms with Crippen LogP contribution < -0.4 is 25.8 Å². The molecule has 244 valence electrons. The number of nitrogens with two attached hydrogens (primary N) is 1. The number of benzene rings is 3. The molecule has 4 unspecified atom stereocenters. The van der Waals surface area contributed by atoms with Gasteiger partial charge in [-0.2, -0.15) is 0 Å². The Bertz CT molecular complexity index is 1290. The molecule has 0 aliphatic heterocycles. The van der Waals surface area contributed by atoms with Crippen LogP contribution in [0.2, 0.25) is 0 Å². The minimum Gasteiger partial charge on any atom is -0.507 e. The monoisotopic (exact) mass is 631 g/mol. The first-order chi connectivity index (χ1) is 20.2. The quantitative estimate of drug-likeness (QED) is 0.153. The highest BCUT2D eigenvalue weighted by atomic mass is 35.5. The van der Waals surface area contributed by atoms with E-state index in [1.165, 1.54) is 17.7 Å². The van der Waals surface area contributed by atoms with E-state index < -0.39 is 18.1 Å². The zero-order valence-electron chi connectivity index (χ0n) is 26.8. The summed E-state index contributed by atoms with van der Waals surface area (Å²) in [5.41, 5.74) is 7.72. The number of primary amides is 1. The zero-order chi connectivity index (χ0) is 32.2. The van der Waals surface area contributed by atoms with Gasteiger partial charge in [0.05, 0.1) is 32.0 Å². The smallest absolute Gasteiger partial charge is 0.252 e. The molecule has 0 aliphatic carbocycles. The number of phenols is 1. The third-order valence-corrected chi connectivity index (χ3v) is 6.93. The molecule has 1 amide bonds. The first-order valence-electron chi connectivity index (χ1n) is 14.5. The molecule has 0 bridgehead atoms. The number of aromatic hydroxyl groups is 1. The molecular formula is C34H50ClN3O6. The summed E-state index contributed by atoms with van der Waals surface area (Å²) in [6, 6.07) is 20.2. The molecule has 0 spiro atoms. The van der Waals surface area contributed by atoms with Crippen molar-refractivity contribution >= 4 is 18.3 Å². The van der Waals surface area contributed by atoms with Gasteiger partial charge in [-0.15, -0.1) is 12.4 Å². The van der Waals surface area contributed by atoms with E-state index in [-0.39, 0.29) is 41.3 Å². The van der Waals surface area contributed by atoms with Crippen molar-refractivity contribution in [1.29, 1.82) is 0 Å². The van der Waals surface area contributed by atoms with E-state index in [1.54, 1.807) is 26.4 Å². The molecule has 4 atom stereocenters. The summed E-state index contributed by atoms with van der Waals surface area (Å²) in [4.78, 5) is 11.2. The molecule has 3 rings (SSSR count). The summed E-state index contributed by atoms with van der Waals surface area (Å²) in [5, 5.41) is 37.0.